The smallest absolute Gasteiger partial charge is 0.337 e. The molecule has 0 saturated heterocycles. The fraction of sp³-hybridized carbons (Fsp3) is 0.455. The zero-order valence-electron chi connectivity index (χ0n) is 8.74. The standard InChI is InChI=1S/C11H15NO2/c1-4-10-9(11(13)14)5-8(6-12-10)7(2)3/h5-7H,4H2,1-3H3,(H,13,14). The molecular weight excluding hydrogens is 178 g/mol. The van der Waals surface area contributed by atoms with Gasteiger partial charge in [0.2, 0.25) is 0 Å². The molecule has 1 aromatic rings. The largest absolute Gasteiger partial charge is 0.478 e. The number of carboxylic acid groups (broad SMARTS) is 1. The molecule has 1 heterocycles. The minimum atomic E-state index is -0.892. The second kappa shape index (κ2) is 4.22. The van der Waals surface area contributed by atoms with Crippen molar-refractivity contribution in [2.75, 3.05) is 0 Å². The van der Waals surface area contributed by atoms with Crippen LogP contribution in [0.15, 0.2) is 12.3 Å². The Bertz CT molecular complexity index is 345. The van der Waals surface area contributed by atoms with Crippen molar-refractivity contribution in [3.05, 3.63) is 29.1 Å². The Morgan fingerprint density at radius 3 is 2.64 bits per heavy atom. The van der Waals surface area contributed by atoms with Gasteiger partial charge in [0, 0.05) is 6.20 Å². The summed E-state index contributed by atoms with van der Waals surface area (Å²) in [6.45, 7) is 5.95. The molecule has 0 atom stereocenters. The van der Waals surface area contributed by atoms with Gasteiger partial charge >= 0.3 is 5.97 Å². The molecule has 14 heavy (non-hydrogen) atoms. The molecule has 1 rings (SSSR count). The number of hydrogen-bond acceptors (Lipinski definition) is 2. The van der Waals surface area contributed by atoms with Gasteiger partial charge in [-0.1, -0.05) is 20.8 Å². The van der Waals surface area contributed by atoms with Gasteiger partial charge in [0.15, 0.2) is 0 Å². The Morgan fingerprint density at radius 1 is 1.57 bits per heavy atom. The summed E-state index contributed by atoms with van der Waals surface area (Å²) in [5.74, 6) is -0.580. The molecule has 1 N–H and O–H groups in total. The van der Waals surface area contributed by atoms with E-state index < -0.39 is 5.97 Å². The summed E-state index contributed by atoms with van der Waals surface area (Å²) >= 11 is 0. The molecule has 0 aliphatic carbocycles. The normalized spacial score (nSPS) is 10.6. The number of pyridine rings is 1. The van der Waals surface area contributed by atoms with Crippen LogP contribution in [-0.2, 0) is 6.42 Å². The number of aromatic carboxylic acids is 1. The van der Waals surface area contributed by atoms with E-state index in [0.29, 0.717) is 23.6 Å². The summed E-state index contributed by atoms with van der Waals surface area (Å²) in [5, 5.41) is 8.96. The molecule has 0 bridgehead atoms. The highest BCUT2D eigenvalue weighted by Crippen LogP contribution is 2.17. The summed E-state index contributed by atoms with van der Waals surface area (Å²) in [4.78, 5) is 15.1. The molecular formula is C11H15NO2. The maximum atomic E-state index is 10.9. The summed E-state index contributed by atoms with van der Waals surface area (Å²) in [7, 11) is 0. The van der Waals surface area contributed by atoms with Crippen LogP contribution in [-0.4, -0.2) is 16.1 Å². The third kappa shape index (κ3) is 2.10. The van der Waals surface area contributed by atoms with E-state index in [-0.39, 0.29) is 0 Å². The Labute approximate surface area is 83.8 Å². The van der Waals surface area contributed by atoms with Crippen LogP contribution in [0.1, 0.15) is 48.3 Å². The van der Waals surface area contributed by atoms with Crippen LogP contribution in [0.4, 0.5) is 0 Å². The molecule has 0 aliphatic heterocycles. The van der Waals surface area contributed by atoms with Gasteiger partial charge in [-0.05, 0) is 24.0 Å². The van der Waals surface area contributed by atoms with E-state index in [2.05, 4.69) is 4.98 Å². The zero-order chi connectivity index (χ0) is 10.7. The van der Waals surface area contributed by atoms with Crippen molar-refractivity contribution in [3.63, 3.8) is 0 Å². The average Bonchev–Trinajstić information content (AvgIpc) is 2.16. The van der Waals surface area contributed by atoms with Gasteiger partial charge in [-0.3, -0.25) is 4.98 Å². The van der Waals surface area contributed by atoms with Crippen molar-refractivity contribution >= 4 is 5.97 Å². The predicted molar refractivity (Wildman–Crippen MR) is 54.7 cm³/mol. The Kier molecular flexibility index (Phi) is 3.23. The number of aromatic nitrogens is 1. The maximum Gasteiger partial charge on any atom is 0.337 e. The van der Waals surface area contributed by atoms with Gasteiger partial charge in [-0.25, -0.2) is 4.79 Å². The van der Waals surface area contributed by atoms with Gasteiger partial charge in [0.05, 0.1) is 11.3 Å². The number of nitrogens with zero attached hydrogens (tertiary/aromatic N) is 1. The van der Waals surface area contributed by atoms with Crippen LogP contribution in [0.5, 0.6) is 0 Å². The highest BCUT2D eigenvalue weighted by Gasteiger charge is 2.12. The minimum absolute atomic E-state index is 0.312. The van der Waals surface area contributed by atoms with Crippen molar-refractivity contribution in [1.29, 1.82) is 0 Å². The number of carbonyl (C=O) groups is 1. The van der Waals surface area contributed by atoms with Gasteiger partial charge in [-0.2, -0.15) is 0 Å². The molecule has 3 nitrogen and oxygen atoms in total. The van der Waals surface area contributed by atoms with E-state index in [1.165, 1.54) is 0 Å². The van der Waals surface area contributed by atoms with Crippen LogP contribution in [0.3, 0.4) is 0 Å². The van der Waals surface area contributed by atoms with E-state index >= 15 is 0 Å². The molecule has 0 aromatic carbocycles. The molecule has 3 heteroatoms. The number of aryl methyl sites for hydroxylation is 1. The summed E-state index contributed by atoms with van der Waals surface area (Å²) in [6.07, 6.45) is 2.41. The molecule has 0 aliphatic rings. The van der Waals surface area contributed by atoms with Crippen LogP contribution in [0.2, 0.25) is 0 Å². The first kappa shape index (κ1) is 10.7. The van der Waals surface area contributed by atoms with Crippen LogP contribution in [0, 0.1) is 0 Å². The summed E-state index contributed by atoms with van der Waals surface area (Å²) in [5.41, 5.74) is 1.96. The topological polar surface area (TPSA) is 50.2 Å². The van der Waals surface area contributed by atoms with Crippen LogP contribution >= 0.6 is 0 Å². The molecule has 0 saturated carbocycles. The lowest BCUT2D eigenvalue weighted by Gasteiger charge is -2.08. The fourth-order valence-corrected chi connectivity index (χ4v) is 1.29. The highest BCUT2D eigenvalue weighted by atomic mass is 16.4. The number of carboxylic acids is 1. The second-order valence-corrected chi connectivity index (χ2v) is 3.58. The molecule has 1 aromatic heterocycles. The van der Waals surface area contributed by atoms with E-state index in [9.17, 15) is 4.79 Å². The average molecular weight is 193 g/mol. The van der Waals surface area contributed by atoms with Crippen molar-refractivity contribution in [2.24, 2.45) is 0 Å². The highest BCUT2D eigenvalue weighted by molar-refractivity contribution is 5.89. The van der Waals surface area contributed by atoms with Gasteiger partial charge < -0.3 is 5.11 Å². The molecule has 76 valence electrons. The zero-order valence-corrected chi connectivity index (χ0v) is 8.74. The molecule has 0 unspecified atom stereocenters. The fourth-order valence-electron chi connectivity index (χ4n) is 1.29. The van der Waals surface area contributed by atoms with Crippen LogP contribution < -0.4 is 0 Å². The second-order valence-electron chi connectivity index (χ2n) is 3.58. The third-order valence-corrected chi connectivity index (χ3v) is 2.22. The van der Waals surface area contributed by atoms with Gasteiger partial charge in [-0.15, -0.1) is 0 Å². The minimum Gasteiger partial charge on any atom is -0.478 e. The van der Waals surface area contributed by atoms with Gasteiger partial charge in [0.25, 0.3) is 0 Å². The first-order chi connectivity index (χ1) is 6.56. The van der Waals surface area contributed by atoms with Gasteiger partial charge in [0.1, 0.15) is 0 Å². The third-order valence-electron chi connectivity index (χ3n) is 2.22. The Balaban J connectivity index is 3.21. The maximum absolute atomic E-state index is 10.9. The first-order valence-electron chi connectivity index (χ1n) is 4.78. The monoisotopic (exact) mass is 193 g/mol. The molecule has 0 radical (unpaired) electrons. The lowest BCUT2D eigenvalue weighted by Crippen LogP contribution is -2.06. The summed E-state index contributed by atoms with van der Waals surface area (Å²) in [6, 6.07) is 1.72. The van der Waals surface area contributed by atoms with Crippen molar-refractivity contribution in [2.45, 2.75) is 33.1 Å². The predicted octanol–water partition coefficient (Wildman–Crippen LogP) is 2.47. The molecule has 0 amide bonds. The van der Waals surface area contributed by atoms with Crippen molar-refractivity contribution in [3.8, 4) is 0 Å². The van der Waals surface area contributed by atoms with Crippen molar-refractivity contribution in [1.82, 2.24) is 4.98 Å². The van der Waals surface area contributed by atoms with E-state index in [0.717, 1.165) is 5.56 Å². The quantitative estimate of drug-likeness (QED) is 0.802. The first-order valence-corrected chi connectivity index (χ1v) is 4.78. The molecule has 0 fully saturated rings. The van der Waals surface area contributed by atoms with E-state index in [1.807, 2.05) is 20.8 Å². The lowest BCUT2D eigenvalue weighted by atomic mass is 10.0. The van der Waals surface area contributed by atoms with Crippen molar-refractivity contribution < 1.29 is 9.90 Å². The lowest BCUT2D eigenvalue weighted by molar-refractivity contribution is 0.0695. The van der Waals surface area contributed by atoms with E-state index in [1.54, 1.807) is 12.3 Å². The van der Waals surface area contributed by atoms with Crippen LogP contribution in [0.25, 0.3) is 0 Å². The molecule has 0 spiro atoms. The summed E-state index contributed by atoms with van der Waals surface area (Å²) < 4.78 is 0. The number of hydrogen-bond donors (Lipinski definition) is 1. The SMILES string of the molecule is CCc1ncc(C(C)C)cc1C(=O)O. The Hall–Kier alpha value is -1.38. The Morgan fingerprint density at radius 2 is 2.21 bits per heavy atom. The van der Waals surface area contributed by atoms with E-state index in [4.69, 9.17) is 5.11 Å². The number of rotatable bonds is 3.